The summed E-state index contributed by atoms with van der Waals surface area (Å²) in [6.07, 6.45) is 2.25. The highest BCUT2D eigenvalue weighted by Crippen LogP contribution is 2.35. The number of ether oxygens (including phenoxy) is 2. The summed E-state index contributed by atoms with van der Waals surface area (Å²) in [6, 6.07) is 4.92. The number of benzene rings is 1. The molecule has 0 aromatic heterocycles. The van der Waals surface area contributed by atoms with Crippen LogP contribution in [0.2, 0.25) is 0 Å². The van der Waals surface area contributed by atoms with Gasteiger partial charge in [-0.2, -0.15) is 0 Å². The van der Waals surface area contributed by atoms with Crippen molar-refractivity contribution in [1.82, 2.24) is 10.2 Å². The standard InChI is InChI=1S/C18H28N2O2/c1-14-12-15(2)18-16(13-14)17(4-9-22-18)19-5-3-6-20-7-10-21-11-8-20/h12-13,17,19H,3-11H2,1-2H3. The summed E-state index contributed by atoms with van der Waals surface area (Å²) in [5, 5.41) is 3.73. The third-order valence-electron chi connectivity index (χ3n) is 4.62. The van der Waals surface area contributed by atoms with E-state index in [0.29, 0.717) is 6.04 Å². The topological polar surface area (TPSA) is 33.7 Å². The molecule has 1 fully saturated rings. The molecular weight excluding hydrogens is 276 g/mol. The summed E-state index contributed by atoms with van der Waals surface area (Å²) < 4.78 is 11.3. The molecule has 4 nitrogen and oxygen atoms in total. The number of rotatable bonds is 5. The van der Waals surface area contributed by atoms with E-state index in [1.165, 1.54) is 29.7 Å². The number of fused-ring (bicyclic) bond motifs is 1. The molecule has 0 amide bonds. The van der Waals surface area contributed by atoms with E-state index >= 15 is 0 Å². The van der Waals surface area contributed by atoms with Crippen molar-refractivity contribution in [1.29, 1.82) is 0 Å². The van der Waals surface area contributed by atoms with Crippen molar-refractivity contribution in [2.45, 2.75) is 32.7 Å². The minimum absolute atomic E-state index is 0.437. The van der Waals surface area contributed by atoms with Gasteiger partial charge in [0, 0.05) is 31.1 Å². The zero-order chi connectivity index (χ0) is 15.4. The van der Waals surface area contributed by atoms with E-state index in [2.05, 4.69) is 36.2 Å². The van der Waals surface area contributed by atoms with Gasteiger partial charge in [0.1, 0.15) is 5.75 Å². The molecule has 4 heteroatoms. The molecule has 0 bridgehead atoms. The largest absolute Gasteiger partial charge is 0.493 e. The zero-order valence-electron chi connectivity index (χ0n) is 13.9. The average Bonchev–Trinajstić information content (AvgIpc) is 2.53. The molecule has 2 aliphatic heterocycles. The second kappa shape index (κ2) is 7.44. The highest BCUT2D eigenvalue weighted by molar-refractivity contribution is 5.46. The summed E-state index contributed by atoms with van der Waals surface area (Å²) in [5.74, 6) is 1.10. The van der Waals surface area contributed by atoms with E-state index in [1.807, 2.05) is 0 Å². The maximum atomic E-state index is 5.88. The van der Waals surface area contributed by atoms with E-state index in [4.69, 9.17) is 9.47 Å². The van der Waals surface area contributed by atoms with Gasteiger partial charge in [0.2, 0.25) is 0 Å². The molecule has 2 aliphatic rings. The van der Waals surface area contributed by atoms with Crippen LogP contribution in [-0.4, -0.2) is 50.9 Å². The Morgan fingerprint density at radius 3 is 2.82 bits per heavy atom. The second-order valence-electron chi connectivity index (χ2n) is 6.45. The van der Waals surface area contributed by atoms with Crippen LogP contribution in [0.1, 0.15) is 35.6 Å². The fraction of sp³-hybridized carbons (Fsp3) is 0.667. The van der Waals surface area contributed by atoms with Gasteiger partial charge in [0.05, 0.1) is 19.8 Å². The third kappa shape index (κ3) is 3.80. The quantitative estimate of drug-likeness (QED) is 0.847. The van der Waals surface area contributed by atoms with E-state index < -0.39 is 0 Å². The molecule has 1 aromatic rings. The Bertz CT molecular complexity index is 498. The summed E-state index contributed by atoms with van der Waals surface area (Å²) in [5.41, 5.74) is 3.92. The van der Waals surface area contributed by atoms with Crippen molar-refractivity contribution < 1.29 is 9.47 Å². The van der Waals surface area contributed by atoms with Gasteiger partial charge in [-0.3, -0.25) is 4.90 Å². The molecule has 22 heavy (non-hydrogen) atoms. The fourth-order valence-electron chi connectivity index (χ4n) is 3.49. The Kier molecular flexibility index (Phi) is 5.34. The van der Waals surface area contributed by atoms with Crippen LogP contribution in [0.5, 0.6) is 5.75 Å². The van der Waals surface area contributed by atoms with Crippen LogP contribution in [0.3, 0.4) is 0 Å². The number of aryl methyl sites for hydroxylation is 2. The van der Waals surface area contributed by atoms with Crippen LogP contribution in [0, 0.1) is 13.8 Å². The van der Waals surface area contributed by atoms with Crippen LogP contribution in [-0.2, 0) is 4.74 Å². The SMILES string of the molecule is Cc1cc(C)c2c(c1)C(NCCCN1CCOCC1)CCO2. The van der Waals surface area contributed by atoms with Crippen molar-refractivity contribution in [3.05, 3.63) is 28.8 Å². The van der Waals surface area contributed by atoms with Gasteiger partial charge < -0.3 is 14.8 Å². The molecule has 0 spiro atoms. The first kappa shape index (κ1) is 15.8. The summed E-state index contributed by atoms with van der Waals surface area (Å²) in [7, 11) is 0. The predicted molar refractivity (Wildman–Crippen MR) is 88.6 cm³/mol. The fourth-order valence-corrected chi connectivity index (χ4v) is 3.49. The lowest BCUT2D eigenvalue weighted by molar-refractivity contribution is 0.0373. The number of hydrogen-bond donors (Lipinski definition) is 1. The number of nitrogens with zero attached hydrogens (tertiary/aromatic N) is 1. The van der Waals surface area contributed by atoms with Crippen molar-refractivity contribution in [3.63, 3.8) is 0 Å². The van der Waals surface area contributed by atoms with E-state index in [1.54, 1.807) is 0 Å². The zero-order valence-corrected chi connectivity index (χ0v) is 13.9. The maximum Gasteiger partial charge on any atom is 0.126 e. The number of hydrogen-bond acceptors (Lipinski definition) is 4. The highest BCUT2D eigenvalue weighted by Gasteiger charge is 2.22. The molecule has 1 atom stereocenters. The molecular formula is C18H28N2O2. The van der Waals surface area contributed by atoms with Crippen LogP contribution in [0.15, 0.2) is 12.1 Å². The number of morpholine rings is 1. The number of nitrogens with one attached hydrogen (secondary N) is 1. The van der Waals surface area contributed by atoms with Crippen molar-refractivity contribution in [2.75, 3.05) is 46.0 Å². The van der Waals surface area contributed by atoms with E-state index in [-0.39, 0.29) is 0 Å². The maximum absolute atomic E-state index is 5.88. The molecule has 1 aromatic carbocycles. The Labute approximate surface area is 133 Å². The van der Waals surface area contributed by atoms with E-state index in [0.717, 1.165) is 51.6 Å². The van der Waals surface area contributed by atoms with Crippen LogP contribution in [0.4, 0.5) is 0 Å². The minimum Gasteiger partial charge on any atom is -0.493 e. The minimum atomic E-state index is 0.437. The Hall–Kier alpha value is -1.10. The molecule has 1 N–H and O–H groups in total. The normalized spacial score (nSPS) is 22.2. The Morgan fingerprint density at radius 1 is 1.18 bits per heavy atom. The van der Waals surface area contributed by atoms with Gasteiger partial charge in [0.15, 0.2) is 0 Å². The van der Waals surface area contributed by atoms with Crippen LogP contribution >= 0.6 is 0 Å². The van der Waals surface area contributed by atoms with E-state index in [9.17, 15) is 0 Å². The molecule has 1 unspecified atom stereocenters. The van der Waals surface area contributed by atoms with Crippen molar-refractivity contribution in [3.8, 4) is 5.75 Å². The molecule has 1 saturated heterocycles. The summed E-state index contributed by atoms with van der Waals surface area (Å²) in [6.45, 7) is 11.3. The van der Waals surface area contributed by atoms with Gasteiger partial charge in [-0.05, 0) is 38.9 Å². The average molecular weight is 304 g/mol. The van der Waals surface area contributed by atoms with Gasteiger partial charge in [-0.25, -0.2) is 0 Å². The summed E-state index contributed by atoms with van der Waals surface area (Å²) >= 11 is 0. The molecule has 0 saturated carbocycles. The third-order valence-corrected chi connectivity index (χ3v) is 4.62. The lowest BCUT2D eigenvalue weighted by Gasteiger charge is -2.29. The Balaban J connectivity index is 1.51. The molecule has 3 rings (SSSR count). The van der Waals surface area contributed by atoms with Crippen LogP contribution in [0.25, 0.3) is 0 Å². The van der Waals surface area contributed by atoms with Gasteiger partial charge >= 0.3 is 0 Å². The summed E-state index contributed by atoms with van der Waals surface area (Å²) in [4.78, 5) is 2.50. The lowest BCUT2D eigenvalue weighted by atomic mass is 9.95. The second-order valence-corrected chi connectivity index (χ2v) is 6.45. The lowest BCUT2D eigenvalue weighted by Crippen LogP contribution is -2.38. The molecule has 0 radical (unpaired) electrons. The monoisotopic (exact) mass is 304 g/mol. The van der Waals surface area contributed by atoms with Gasteiger partial charge in [-0.1, -0.05) is 17.7 Å². The molecule has 2 heterocycles. The predicted octanol–water partition coefficient (Wildman–Crippen LogP) is 2.44. The Morgan fingerprint density at radius 2 is 2.00 bits per heavy atom. The van der Waals surface area contributed by atoms with Crippen molar-refractivity contribution >= 4 is 0 Å². The molecule has 0 aliphatic carbocycles. The molecule has 122 valence electrons. The van der Waals surface area contributed by atoms with Gasteiger partial charge in [0.25, 0.3) is 0 Å². The highest BCUT2D eigenvalue weighted by atomic mass is 16.5. The first-order valence-electron chi connectivity index (χ1n) is 8.51. The first-order valence-corrected chi connectivity index (χ1v) is 8.51. The van der Waals surface area contributed by atoms with Gasteiger partial charge in [-0.15, -0.1) is 0 Å². The smallest absolute Gasteiger partial charge is 0.126 e. The van der Waals surface area contributed by atoms with Crippen molar-refractivity contribution in [2.24, 2.45) is 0 Å². The first-order chi connectivity index (χ1) is 10.7. The van der Waals surface area contributed by atoms with Crippen LogP contribution < -0.4 is 10.1 Å².